The van der Waals surface area contributed by atoms with Crippen molar-refractivity contribution in [1.82, 2.24) is 4.90 Å². The minimum atomic E-state index is -2.59. The molecule has 10 heteroatoms. The number of benzene rings is 2. The number of ketones is 2. The maximum atomic E-state index is 13.7. The molecule has 9 nitrogen and oxygen atoms in total. The van der Waals surface area contributed by atoms with Crippen LogP contribution in [0.2, 0.25) is 5.02 Å². The van der Waals surface area contributed by atoms with Crippen LogP contribution in [0, 0.1) is 11.8 Å². The zero-order valence-corrected chi connectivity index (χ0v) is 22.5. The number of nitrogens with zero attached hydrogens (tertiary/aromatic N) is 1. The Hall–Kier alpha value is -3.66. The molecule has 0 bridgehead atoms. The Morgan fingerprint density at radius 3 is 2.38 bits per heavy atom. The SMILES string of the molecule is CN(Cc1cc(O)c2c(c1Cl)CC1C[C@H]3CC(O)=C(C(N)=O)C(=O)[C@@]3(O)C(O)=C1C2=O)C1Cc2ccccc2C1. The zero-order chi connectivity index (χ0) is 28.7. The highest BCUT2D eigenvalue weighted by atomic mass is 35.5. The fourth-order valence-electron chi connectivity index (χ4n) is 7.08. The summed E-state index contributed by atoms with van der Waals surface area (Å²) in [7, 11) is 2.00. The Bertz CT molecular complexity index is 1550. The first-order chi connectivity index (χ1) is 18.9. The van der Waals surface area contributed by atoms with E-state index < -0.39 is 52.0 Å². The number of primary amides is 1. The van der Waals surface area contributed by atoms with Crippen LogP contribution in [0.5, 0.6) is 5.75 Å². The van der Waals surface area contributed by atoms with E-state index in [1.54, 1.807) is 0 Å². The standard InChI is InChI=1S/C30H29ClN2O7/c1-33(18-7-13-4-2-3-5-14(13)8-18)12-16-10-20(34)23-19(25(16)31)9-15-6-17-11-21(35)24(29(32)39)28(38)30(17,40)27(37)22(15)26(23)36/h2-5,10,15,17-18,34-35,37,40H,6-9,11-12H2,1H3,(H2,32,39)/t15?,17-,30-/m0/s1. The molecule has 0 aliphatic heterocycles. The molecule has 6 rings (SSSR count). The van der Waals surface area contributed by atoms with Crippen molar-refractivity contribution in [2.75, 3.05) is 7.05 Å². The molecule has 1 amide bonds. The number of aliphatic hydroxyl groups is 3. The molecule has 4 aliphatic rings. The second-order valence-corrected chi connectivity index (χ2v) is 11.8. The second-order valence-electron chi connectivity index (χ2n) is 11.4. The summed E-state index contributed by atoms with van der Waals surface area (Å²) in [5, 5.41) is 44.2. The first-order valence-corrected chi connectivity index (χ1v) is 13.6. The summed E-state index contributed by atoms with van der Waals surface area (Å²) >= 11 is 6.87. The summed E-state index contributed by atoms with van der Waals surface area (Å²) in [6.45, 7) is 0.441. The van der Waals surface area contributed by atoms with Crippen molar-refractivity contribution in [3.05, 3.63) is 85.8 Å². The molecule has 0 aromatic heterocycles. The Kier molecular flexibility index (Phi) is 6.10. The highest BCUT2D eigenvalue weighted by molar-refractivity contribution is 6.33. The van der Waals surface area contributed by atoms with E-state index in [-0.39, 0.29) is 42.2 Å². The molecular formula is C30H29ClN2O7. The molecule has 2 aromatic rings. The van der Waals surface area contributed by atoms with E-state index in [2.05, 4.69) is 17.0 Å². The summed E-state index contributed by atoms with van der Waals surface area (Å²) in [4.78, 5) is 40.7. The molecule has 0 saturated heterocycles. The summed E-state index contributed by atoms with van der Waals surface area (Å²) in [6, 6.07) is 10.0. The smallest absolute Gasteiger partial charge is 0.255 e. The van der Waals surface area contributed by atoms with Crippen LogP contribution in [0.1, 0.15) is 45.5 Å². The predicted molar refractivity (Wildman–Crippen MR) is 145 cm³/mol. The van der Waals surface area contributed by atoms with Crippen molar-refractivity contribution in [3.63, 3.8) is 0 Å². The van der Waals surface area contributed by atoms with Gasteiger partial charge in [-0.25, -0.2) is 0 Å². The van der Waals surface area contributed by atoms with Gasteiger partial charge in [0.1, 0.15) is 22.8 Å². The molecule has 2 aromatic carbocycles. The van der Waals surface area contributed by atoms with Gasteiger partial charge in [-0.1, -0.05) is 35.9 Å². The predicted octanol–water partition coefficient (Wildman–Crippen LogP) is 2.83. The number of carbonyl (C=O) groups is 3. The maximum absolute atomic E-state index is 13.7. The van der Waals surface area contributed by atoms with E-state index in [1.807, 2.05) is 19.2 Å². The van der Waals surface area contributed by atoms with E-state index in [0.29, 0.717) is 22.7 Å². The quantitative estimate of drug-likeness (QED) is 0.354. The molecule has 3 atom stereocenters. The van der Waals surface area contributed by atoms with Crippen molar-refractivity contribution in [2.45, 2.75) is 50.3 Å². The van der Waals surface area contributed by atoms with E-state index in [0.717, 1.165) is 12.8 Å². The number of hydrogen-bond donors (Lipinski definition) is 5. The number of phenols is 1. The lowest BCUT2D eigenvalue weighted by Gasteiger charge is -2.45. The minimum absolute atomic E-state index is 0.0600. The minimum Gasteiger partial charge on any atom is -0.511 e. The van der Waals surface area contributed by atoms with Crippen LogP contribution < -0.4 is 5.73 Å². The van der Waals surface area contributed by atoms with Gasteiger partial charge in [0.2, 0.25) is 5.78 Å². The molecule has 208 valence electrons. The molecule has 0 heterocycles. The molecule has 4 aliphatic carbocycles. The Balaban J connectivity index is 1.34. The van der Waals surface area contributed by atoms with Gasteiger partial charge in [0.25, 0.3) is 5.91 Å². The summed E-state index contributed by atoms with van der Waals surface area (Å²) in [5.74, 6) is -6.58. The number of hydrogen-bond acceptors (Lipinski definition) is 8. The number of aromatic hydroxyl groups is 1. The lowest BCUT2D eigenvalue weighted by atomic mass is 9.60. The number of halogens is 1. The molecular weight excluding hydrogens is 536 g/mol. The Morgan fingerprint density at radius 2 is 1.75 bits per heavy atom. The topological polar surface area (TPSA) is 161 Å². The molecule has 6 N–H and O–H groups in total. The first kappa shape index (κ1) is 26.6. The van der Waals surface area contributed by atoms with Gasteiger partial charge < -0.3 is 26.2 Å². The average molecular weight is 565 g/mol. The second kappa shape index (κ2) is 9.19. The van der Waals surface area contributed by atoms with Gasteiger partial charge in [-0.2, -0.15) is 0 Å². The van der Waals surface area contributed by atoms with Gasteiger partial charge in [-0.15, -0.1) is 0 Å². The van der Waals surface area contributed by atoms with Gasteiger partial charge in [-0.05, 0) is 67.0 Å². The number of amides is 1. The number of allylic oxidation sites excluding steroid dienone is 2. The van der Waals surface area contributed by atoms with Gasteiger partial charge in [0.05, 0.1) is 5.56 Å². The first-order valence-electron chi connectivity index (χ1n) is 13.2. The monoisotopic (exact) mass is 564 g/mol. The van der Waals surface area contributed by atoms with Crippen LogP contribution in [-0.2, 0) is 35.4 Å². The lowest BCUT2D eigenvalue weighted by molar-refractivity contribution is -0.144. The molecule has 0 saturated carbocycles. The van der Waals surface area contributed by atoms with E-state index in [4.69, 9.17) is 17.3 Å². The summed E-state index contributed by atoms with van der Waals surface area (Å²) < 4.78 is 0. The third kappa shape index (κ3) is 3.72. The fraction of sp³-hybridized carbons (Fsp3) is 0.367. The maximum Gasteiger partial charge on any atom is 0.255 e. The van der Waals surface area contributed by atoms with E-state index in [9.17, 15) is 34.8 Å². The van der Waals surface area contributed by atoms with E-state index in [1.165, 1.54) is 17.2 Å². The van der Waals surface area contributed by atoms with Gasteiger partial charge in [-0.3, -0.25) is 19.3 Å². The number of phenolic OH excluding ortho intramolecular Hbond substituents is 1. The number of fused-ring (bicyclic) bond motifs is 4. The fourth-order valence-corrected chi connectivity index (χ4v) is 7.37. The summed E-state index contributed by atoms with van der Waals surface area (Å²) in [5.41, 5.74) is 5.30. The van der Waals surface area contributed by atoms with Crippen LogP contribution >= 0.6 is 11.6 Å². The normalized spacial score (nSPS) is 26.1. The van der Waals surface area contributed by atoms with Crippen LogP contribution in [0.3, 0.4) is 0 Å². The van der Waals surface area contributed by atoms with Crippen molar-refractivity contribution in [1.29, 1.82) is 0 Å². The Labute approximate surface area is 235 Å². The molecule has 40 heavy (non-hydrogen) atoms. The number of rotatable bonds is 4. The zero-order valence-electron chi connectivity index (χ0n) is 21.8. The molecule has 1 unspecified atom stereocenters. The number of likely N-dealkylation sites (N-methyl/N-ethyl adjacent to an activating group) is 1. The lowest BCUT2D eigenvalue weighted by Crippen LogP contribution is -2.57. The number of carbonyl (C=O) groups excluding carboxylic acids is 3. The van der Waals surface area contributed by atoms with Crippen molar-refractivity contribution in [3.8, 4) is 5.75 Å². The number of aliphatic hydroxyl groups excluding tert-OH is 2. The van der Waals surface area contributed by atoms with Crippen molar-refractivity contribution >= 4 is 29.1 Å². The largest absolute Gasteiger partial charge is 0.511 e. The van der Waals surface area contributed by atoms with Crippen LogP contribution in [0.15, 0.2) is 53.0 Å². The van der Waals surface area contributed by atoms with Crippen molar-refractivity contribution < 1.29 is 34.8 Å². The van der Waals surface area contributed by atoms with Crippen molar-refractivity contribution in [2.24, 2.45) is 17.6 Å². The Morgan fingerprint density at radius 1 is 1.10 bits per heavy atom. The van der Waals surface area contributed by atoms with Crippen LogP contribution in [0.4, 0.5) is 0 Å². The van der Waals surface area contributed by atoms with Gasteiger partial charge >= 0.3 is 0 Å². The highest BCUT2D eigenvalue weighted by Gasteiger charge is 2.59. The highest BCUT2D eigenvalue weighted by Crippen LogP contribution is 2.52. The number of nitrogens with two attached hydrogens (primary N) is 1. The molecule has 0 spiro atoms. The molecule has 0 fully saturated rings. The summed E-state index contributed by atoms with van der Waals surface area (Å²) in [6.07, 6.45) is 1.76. The van der Waals surface area contributed by atoms with Crippen LogP contribution in [-0.4, -0.2) is 61.5 Å². The average Bonchev–Trinajstić information content (AvgIpc) is 3.33. The third-order valence-corrected chi connectivity index (χ3v) is 9.61. The van der Waals surface area contributed by atoms with Gasteiger partial charge in [0.15, 0.2) is 11.4 Å². The number of Topliss-reactive ketones (excluding diaryl/α,β-unsaturated/α-hetero) is 2. The van der Waals surface area contributed by atoms with Crippen LogP contribution in [0.25, 0.3) is 0 Å². The third-order valence-electron chi connectivity index (χ3n) is 9.14. The van der Waals surface area contributed by atoms with Gasteiger partial charge in [0, 0.05) is 35.5 Å². The molecule has 0 radical (unpaired) electrons. The van der Waals surface area contributed by atoms with E-state index >= 15 is 0 Å².